The van der Waals surface area contributed by atoms with Crippen LogP contribution in [0.25, 0.3) is 0 Å². The van der Waals surface area contributed by atoms with Gasteiger partial charge in [-0.1, -0.05) is 19.9 Å². The Morgan fingerprint density at radius 2 is 1.67 bits per heavy atom. The van der Waals surface area contributed by atoms with Crippen LogP contribution in [0, 0.1) is 0 Å². The van der Waals surface area contributed by atoms with Crippen LogP contribution in [0.1, 0.15) is 33.6 Å². The molecule has 6 nitrogen and oxygen atoms in total. The zero-order valence-electron chi connectivity index (χ0n) is 10.7. The third-order valence-electron chi connectivity index (χ3n) is 2.20. The van der Waals surface area contributed by atoms with Crippen molar-refractivity contribution >= 4 is 11.9 Å². The maximum Gasteiger partial charge on any atom is 0.341 e. The molecular weight excluding hydrogens is 240 g/mol. The maximum atomic E-state index is 11.5. The van der Waals surface area contributed by atoms with Crippen molar-refractivity contribution in [2.45, 2.75) is 39.6 Å². The molecule has 0 radical (unpaired) electrons. The van der Waals surface area contributed by atoms with E-state index in [-0.39, 0.29) is 23.1 Å². The highest BCUT2D eigenvalue weighted by molar-refractivity contribution is 6.01. The molecule has 0 aromatic carbocycles. The van der Waals surface area contributed by atoms with Crippen molar-refractivity contribution in [1.29, 1.82) is 0 Å². The Morgan fingerprint density at radius 3 is 2.00 bits per heavy atom. The fourth-order valence-electron chi connectivity index (χ4n) is 1.23. The predicted octanol–water partition coefficient (Wildman–Crippen LogP) is 0.380. The van der Waals surface area contributed by atoms with Crippen LogP contribution in [0.3, 0.4) is 0 Å². The molecule has 0 saturated carbocycles. The lowest BCUT2D eigenvalue weighted by atomic mass is 10.0. The van der Waals surface area contributed by atoms with Crippen LogP contribution in [0.15, 0.2) is 23.3 Å². The van der Waals surface area contributed by atoms with Gasteiger partial charge in [0, 0.05) is 16.7 Å². The Balaban J connectivity index is 5.16. The van der Waals surface area contributed by atoms with Crippen LogP contribution >= 0.6 is 0 Å². The largest absolute Gasteiger partial charge is 0.386 e. The minimum Gasteiger partial charge on any atom is -0.386 e. The Bertz CT molecular complexity index is 386. The molecule has 0 bridgehead atoms. The molecule has 0 unspecified atom stereocenters. The first kappa shape index (κ1) is 16.5. The molecule has 0 aliphatic heterocycles. The minimum atomic E-state index is -3.11. The number of hydrogen-bond acceptors (Lipinski definition) is 6. The standard InChI is InChI=1S/C12H18O6/c1-5-6-9(12(15,16)17)8(4)11(14)18-10(13)7(2)3/h15-17H,2,5-6H2,1,3-4H3. The fraction of sp³-hybridized carbons (Fsp3) is 0.500. The van der Waals surface area contributed by atoms with Gasteiger partial charge in [-0.15, -0.1) is 0 Å². The number of carbonyl (C=O) groups excluding carboxylic acids is 2. The Kier molecular flexibility index (Phi) is 5.90. The topological polar surface area (TPSA) is 104 Å². The van der Waals surface area contributed by atoms with E-state index in [1.54, 1.807) is 6.92 Å². The van der Waals surface area contributed by atoms with Crippen LogP contribution in [0.4, 0.5) is 0 Å². The number of hydrogen-bond donors (Lipinski definition) is 3. The Hall–Kier alpha value is -1.50. The molecule has 3 N–H and O–H groups in total. The molecule has 18 heavy (non-hydrogen) atoms. The lowest BCUT2D eigenvalue weighted by molar-refractivity contribution is -0.284. The summed E-state index contributed by atoms with van der Waals surface area (Å²) in [6.45, 7) is 7.64. The number of ether oxygens (including phenoxy) is 1. The van der Waals surface area contributed by atoms with Gasteiger partial charge >= 0.3 is 17.9 Å². The molecule has 0 aliphatic carbocycles. The summed E-state index contributed by atoms with van der Waals surface area (Å²) in [4.78, 5) is 22.7. The number of esters is 2. The summed E-state index contributed by atoms with van der Waals surface area (Å²) in [5.41, 5.74) is -0.486. The van der Waals surface area contributed by atoms with E-state index in [4.69, 9.17) is 15.3 Å². The SMILES string of the molecule is C=C(C)C(=O)OC(=O)C(C)=C(CCC)C(O)(O)O. The monoisotopic (exact) mass is 258 g/mol. The zero-order valence-corrected chi connectivity index (χ0v) is 10.7. The smallest absolute Gasteiger partial charge is 0.341 e. The molecule has 102 valence electrons. The van der Waals surface area contributed by atoms with E-state index in [9.17, 15) is 9.59 Å². The third kappa shape index (κ3) is 4.79. The summed E-state index contributed by atoms with van der Waals surface area (Å²) in [5, 5.41) is 27.3. The summed E-state index contributed by atoms with van der Waals surface area (Å²) in [5.74, 6) is -5.06. The third-order valence-corrected chi connectivity index (χ3v) is 2.20. The lowest BCUT2D eigenvalue weighted by Gasteiger charge is -2.20. The number of rotatable bonds is 5. The van der Waals surface area contributed by atoms with Crippen molar-refractivity contribution in [3.63, 3.8) is 0 Å². The van der Waals surface area contributed by atoms with Crippen molar-refractivity contribution in [3.05, 3.63) is 23.3 Å². The molecule has 0 fully saturated rings. The molecule has 0 spiro atoms. The van der Waals surface area contributed by atoms with Gasteiger partial charge in [0.1, 0.15) is 0 Å². The van der Waals surface area contributed by atoms with Gasteiger partial charge in [-0.25, -0.2) is 9.59 Å². The normalized spacial score (nSPS) is 12.8. The van der Waals surface area contributed by atoms with Crippen molar-refractivity contribution in [1.82, 2.24) is 0 Å². The van der Waals surface area contributed by atoms with Gasteiger partial charge in [-0.2, -0.15) is 0 Å². The van der Waals surface area contributed by atoms with Gasteiger partial charge in [0.25, 0.3) is 0 Å². The quantitative estimate of drug-likeness (QED) is 0.285. The number of aliphatic hydroxyl groups is 3. The molecule has 0 saturated heterocycles. The van der Waals surface area contributed by atoms with E-state index in [2.05, 4.69) is 11.3 Å². The second kappa shape index (κ2) is 6.44. The highest BCUT2D eigenvalue weighted by Gasteiger charge is 2.29. The first-order chi connectivity index (χ1) is 8.11. The minimum absolute atomic E-state index is 0.0384. The Labute approximate surface area is 105 Å². The summed E-state index contributed by atoms with van der Waals surface area (Å²) in [6, 6.07) is 0. The van der Waals surface area contributed by atoms with Crippen molar-refractivity contribution in [3.8, 4) is 0 Å². The van der Waals surface area contributed by atoms with Crippen LogP contribution < -0.4 is 0 Å². The predicted molar refractivity (Wildman–Crippen MR) is 62.9 cm³/mol. The van der Waals surface area contributed by atoms with E-state index in [0.717, 1.165) is 0 Å². The Morgan fingerprint density at radius 1 is 1.17 bits per heavy atom. The average molecular weight is 258 g/mol. The summed E-state index contributed by atoms with van der Waals surface area (Å²) < 4.78 is 4.43. The van der Waals surface area contributed by atoms with E-state index < -0.39 is 17.9 Å². The van der Waals surface area contributed by atoms with E-state index >= 15 is 0 Å². The lowest BCUT2D eigenvalue weighted by Crippen LogP contribution is -2.32. The molecular formula is C12H18O6. The van der Waals surface area contributed by atoms with E-state index in [1.165, 1.54) is 13.8 Å². The van der Waals surface area contributed by atoms with Crippen molar-refractivity contribution in [2.75, 3.05) is 0 Å². The van der Waals surface area contributed by atoms with Crippen molar-refractivity contribution in [2.24, 2.45) is 0 Å². The highest BCUT2D eigenvalue weighted by atomic mass is 16.7. The summed E-state index contributed by atoms with van der Waals surface area (Å²) in [7, 11) is 0. The van der Waals surface area contributed by atoms with Gasteiger partial charge in [-0.05, 0) is 20.3 Å². The van der Waals surface area contributed by atoms with Gasteiger partial charge in [-0.3, -0.25) is 0 Å². The maximum absolute atomic E-state index is 11.5. The molecule has 0 aromatic rings. The zero-order chi connectivity index (χ0) is 14.5. The average Bonchev–Trinajstić information content (AvgIpc) is 2.22. The molecule has 0 aliphatic rings. The molecule has 0 aromatic heterocycles. The van der Waals surface area contributed by atoms with Crippen LogP contribution in [-0.2, 0) is 14.3 Å². The van der Waals surface area contributed by atoms with Crippen molar-refractivity contribution < 1.29 is 29.6 Å². The van der Waals surface area contributed by atoms with Gasteiger partial charge < -0.3 is 20.1 Å². The molecule has 6 heteroatoms. The number of carbonyl (C=O) groups is 2. The van der Waals surface area contributed by atoms with Gasteiger partial charge in [0.15, 0.2) is 0 Å². The van der Waals surface area contributed by atoms with Gasteiger partial charge in [0.05, 0.1) is 0 Å². The summed E-state index contributed by atoms with van der Waals surface area (Å²) in [6.07, 6.45) is 0.545. The first-order valence-electron chi connectivity index (χ1n) is 5.40. The highest BCUT2D eigenvalue weighted by Crippen LogP contribution is 2.21. The molecule has 0 rings (SSSR count). The van der Waals surface area contributed by atoms with Crippen LogP contribution in [0.5, 0.6) is 0 Å². The van der Waals surface area contributed by atoms with Crippen LogP contribution in [0.2, 0.25) is 0 Å². The fourth-order valence-corrected chi connectivity index (χ4v) is 1.23. The van der Waals surface area contributed by atoms with E-state index in [0.29, 0.717) is 6.42 Å². The molecule has 0 amide bonds. The van der Waals surface area contributed by atoms with Gasteiger partial charge in [0.2, 0.25) is 0 Å². The molecule has 0 heterocycles. The molecule has 0 atom stereocenters. The van der Waals surface area contributed by atoms with Crippen LogP contribution in [-0.4, -0.2) is 33.2 Å². The second-order valence-corrected chi connectivity index (χ2v) is 3.95. The second-order valence-electron chi connectivity index (χ2n) is 3.95. The summed E-state index contributed by atoms with van der Waals surface area (Å²) >= 11 is 0. The first-order valence-corrected chi connectivity index (χ1v) is 5.40. The van der Waals surface area contributed by atoms with E-state index in [1.807, 2.05) is 0 Å².